The Hall–Kier alpha value is -5.07. The van der Waals surface area contributed by atoms with Crippen LogP contribution in [0, 0.1) is 0 Å². The van der Waals surface area contributed by atoms with Crippen molar-refractivity contribution in [2.75, 3.05) is 0 Å². The Kier molecular flexibility index (Phi) is 13.2. The number of para-hydroxylation sites is 1. The summed E-state index contributed by atoms with van der Waals surface area (Å²) in [5, 5.41) is 30.3. The van der Waals surface area contributed by atoms with Gasteiger partial charge < -0.3 is 20.9 Å². The fourth-order valence-electron chi connectivity index (χ4n) is 5.31. The Morgan fingerprint density at radius 3 is 2.19 bits per heavy atom. The summed E-state index contributed by atoms with van der Waals surface area (Å²) in [6, 6.07) is 27.6. The molecule has 0 atom stereocenters. The monoisotopic (exact) mass is 857 g/mol. The molecule has 1 aromatic carbocycles. The first-order valence-corrected chi connectivity index (χ1v) is 18.1. The van der Waals surface area contributed by atoms with Gasteiger partial charge in [-0.05, 0) is 71.6 Å². The Bertz CT molecular complexity index is 2700. The molecule has 8 aromatic heterocycles. The minimum absolute atomic E-state index is 0. The van der Waals surface area contributed by atoms with E-state index in [-0.39, 0.29) is 25.0 Å². The number of aromatic amines is 1. The molecule has 9 aromatic rings. The van der Waals surface area contributed by atoms with E-state index in [2.05, 4.69) is 109 Å². The summed E-state index contributed by atoms with van der Waals surface area (Å²) in [5.74, 6) is -0.963. The number of hydrogen-bond acceptors (Lipinski definition) is 10. The van der Waals surface area contributed by atoms with Crippen molar-refractivity contribution in [3.63, 3.8) is 0 Å². The maximum Gasteiger partial charge on any atom is 2.00 e. The number of aromatic nitrogens is 5. The molecule has 0 aliphatic rings. The average molecular weight is 857 g/mol. The fraction of sp³-hybridized carbons (Fsp3) is 0. The number of carbonyl (C=O) groups is 1. The number of thiophene rings is 3. The Morgan fingerprint density at radius 2 is 1.42 bits per heavy atom. The molecular weight excluding hydrogens is 836 g/mol. The first kappa shape index (κ1) is 38.2. The molecule has 0 radical (unpaired) electrons. The molecule has 0 saturated carbocycles. The maximum atomic E-state index is 10.7. The van der Waals surface area contributed by atoms with Gasteiger partial charge in [-0.15, -0.1) is 34.0 Å². The summed E-state index contributed by atoms with van der Waals surface area (Å²) < 4.78 is 5.56. The van der Waals surface area contributed by atoms with E-state index in [1.54, 1.807) is 18.3 Å². The van der Waals surface area contributed by atoms with Crippen LogP contribution in [0.15, 0.2) is 115 Å². The second kappa shape index (κ2) is 17.9. The van der Waals surface area contributed by atoms with Crippen LogP contribution in [0.3, 0.4) is 0 Å². The molecule has 0 spiro atoms. The standard InChI is InChI=1S/C24H13N3S3.C11H8N2O2.2CNS.Ru/c1-2-4-16-14(3-1)15-6-9-26-22(21(15)27-16)17-11-13(5-8-25-17)19-12-20-24(30-19)23-18(29-20)7-10-28-23;14-11(15)8-4-6-13-10(7-8)9-3-1-2-5-12-9;2*2-1-3;/h1-12,27H;1-7H,(H,14,15);;;/q;;2*-1;+2. The van der Waals surface area contributed by atoms with E-state index < -0.39 is 5.97 Å². The number of carboxylic acids is 1. The summed E-state index contributed by atoms with van der Waals surface area (Å²) in [5.41, 5.74) is 6.58. The molecule has 15 heteroatoms. The van der Waals surface area contributed by atoms with E-state index in [1.165, 1.54) is 68.7 Å². The van der Waals surface area contributed by atoms with Gasteiger partial charge in [-0.1, -0.05) is 48.7 Å². The number of isothiocyanates is 2. The molecule has 0 amide bonds. The van der Waals surface area contributed by atoms with Crippen LogP contribution in [0.5, 0.6) is 0 Å². The molecule has 2 N–H and O–H groups in total. The van der Waals surface area contributed by atoms with Crippen molar-refractivity contribution in [2.45, 2.75) is 0 Å². The summed E-state index contributed by atoms with van der Waals surface area (Å²) in [6.45, 7) is 0. The number of aromatic carboxylic acids is 1. The molecule has 9 nitrogen and oxygen atoms in total. The van der Waals surface area contributed by atoms with Crippen molar-refractivity contribution in [3.05, 3.63) is 131 Å². The Morgan fingerprint density at radius 1 is 0.712 bits per heavy atom. The van der Waals surface area contributed by atoms with Crippen LogP contribution >= 0.6 is 58.4 Å². The van der Waals surface area contributed by atoms with E-state index in [0.717, 1.165) is 22.4 Å². The average Bonchev–Trinajstić information content (AvgIpc) is 3.94. The molecule has 8 heterocycles. The van der Waals surface area contributed by atoms with Crippen LogP contribution in [0.1, 0.15) is 10.4 Å². The van der Waals surface area contributed by atoms with Crippen LogP contribution in [0.25, 0.3) is 84.6 Å². The number of benzene rings is 1. The van der Waals surface area contributed by atoms with Crippen molar-refractivity contribution < 1.29 is 29.4 Å². The van der Waals surface area contributed by atoms with E-state index in [1.807, 2.05) is 52.5 Å². The van der Waals surface area contributed by atoms with Gasteiger partial charge in [-0.3, -0.25) is 19.9 Å². The Balaban J connectivity index is 0.000000201. The minimum Gasteiger partial charge on any atom is -0.753 e. The molecule has 0 bridgehead atoms. The molecular formula is C37H21N7O2RuS5. The SMILES string of the molecule is O=C(O)c1ccnc(-c2ccccn2)c1.[N-]=C=S.[N-]=C=S.[Ru+2].c1ccc2c(c1)[nH]c1c(-c3cc(-c4cc5sc6ccsc6c5s4)ccn3)nccc12. The number of thiocarbonyl (C=S) groups is 2. The van der Waals surface area contributed by atoms with Crippen molar-refractivity contribution >= 4 is 115 Å². The van der Waals surface area contributed by atoms with Crippen molar-refractivity contribution in [1.29, 1.82) is 0 Å². The molecule has 0 aliphatic carbocycles. The molecule has 254 valence electrons. The van der Waals surface area contributed by atoms with Crippen LogP contribution < -0.4 is 0 Å². The normalized spacial score (nSPS) is 10.1. The first-order chi connectivity index (χ1) is 24.9. The van der Waals surface area contributed by atoms with Gasteiger partial charge in [0.15, 0.2) is 0 Å². The van der Waals surface area contributed by atoms with Gasteiger partial charge in [-0.25, -0.2) is 4.79 Å². The molecule has 52 heavy (non-hydrogen) atoms. The first-order valence-electron chi connectivity index (χ1n) is 14.8. The minimum atomic E-state index is -0.963. The zero-order valence-electron chi connectivity index (χ0n) is 26.4. The topological polar surface area (TPSA) is 149 Å². The Labute approximate surface area is 331 Å². The van der Waals surface area contributed by atoms with E-state index >= 15 is 0 Å². The van der Waals surface area contributed by atoms with Gasteiger partial charge in [0.1, 0.15) is 5.69 Å². The van der Waals surface area contributed by atoms with Gasteiger partial charge in [0, 0.05) is 55.4 Å². The van der Waals surface area contributed by atoms with Crippen molar-refractivity contribution in [1.82, 2.24) is 24.9 Å². The third-order valence-electron chi connectivity index (χ3n) is 7.40. The van der Waals surface area contributed by atoms with Crippen LogP contribution in [-0.2, 0) is 19.5 Å². The number of H-pyrrole nitrogens is 1. The van der Waals surface area contributed by atoms with Crippen LogP contribution in [0.4, 0.5) is 0 Å². The molecule has 0 unspecified atom stereocenters. The number of pyridine rings is 4. The fourth-order valence-corrected chi connectivity index (χ4v) is 9.08. The number of hydrogen-bond donors (Lipinski definition) is 2. The van der Waals surface area contributed by atoms with Gasteiger partial charge in [0.05, 0.1) is 37.6 Å². The quantitative estimate of drug-likeness (QED) is 0.101. The molecule has 0 fully saturated rings. The number of nitrogens with one attached hydrogen (secondary N) is 1. The second-order valence-electron chi connectivity index (χ2n) is 10.3. The maximum absolute atomic E-state index is 10.7. The smallest absolute Gasteiger partial charge is 0.753 e. The van der Waals surface area contributed by atoms with E-state index in [9.17, 15) is 4.79 Å². The zero-order valence-corrected chi connectivity index (χ0v) is 32.2. The number of fused-ring (bicyclic) bond motifs is 6. The summed E-state index contributed by atoms with van der Waals surface area (Å²) >= 11 is 13.0. The van der Waals surface area contributed by atoms with Crippen LogP contribution in [-0.4, -0.2) is 46.3 Å². The van der Waals surface area contributed by atoms with Gasteiger partial charge in [0.25, 0.3) is 0 Å². The molecule has 0 saturated heterocycles. The van der Waals surface area contributed by atoms with Crippen LogP contribution in [0.2, 0.25) is 0 Å². The summed E-state index contributed by atoms with van der Waals surface area (Å²) in [7, 11) is 0. The predicted molar refractivity (Wildman–Crippen MR) is 217 cm³/mol. The third-order valence-corrected chi connectivity index (χ3v) is 11.0. The predicted octanol–water partition coefficient (Wildman–Crippen LogP) is 11.1. The number of rotatable bonds is 4. The van der Waals surface area contributed by atoms with Crippen molar-refractivity contribution in [3.8, 4) is 33.2 Å². The number of carboxylic acid groups (broad SMARTS) is 1. The van der Waals surface area contributed by atoms with Crippen molar-refractivity contribution in [2.24, 2.45) is 0 Å². The van der Waals surface area contributed by atoms with E-state index in [0.29, 0.717) is 11.4 Å². The largest absolute Gasteiger partial charge is 2.00 e. The number of nitrogens with zero attached hydrogens (tertiary/aromatic N) is 6. The molecule has 0 aliphatic heterocycles. The zero-order chi connectivity index (χ0) is 35.7. The third kappa shape index (κ3) is 8.35. The van der Waals surface area contributed by atoms with E-state index in [4.69, 9.17) is 15.9 Å². The summed E-state index contributed by atoms with van der Waals surface area (Å²) in [4.78, 5) is 33.1. The van der Waals surface area contributed by atoms with Gasteiger partial charge in [-0.2, -0.15) is 10.3 Å². The molecule has 9 rings (SSSR count). The van der Waals surface area contributed by atoms with Gasteiger partial charge in [0.2, 0.25) is 0 Å². The summed E-state index contributed by atoms with van der Waals surface area (Å²) in [6.07, 6.45) is 6.88. The second-order valence-corrected chi connectivity index (χ2v) is 13.8. The van der Waals surface area contributed by atoms with Gasteiger partial charge >= 0.3 is 25.4 Å².